The Bertz CT molecular complexity index is 692. The van der Waals surface area contributed by atoms with Crippen molar-refractivity contribution in [2.75, 3.05) is 6.16 Å². The van der Waals surface area contributed by atoms with Crippen molar-refractivity contribution in [3.8, 4) is 0 Å². The molecule has 0 nitrogen and oxygen atoms in total. The second-order valence-corrected chi connectivity index (χ2v) is 9.14. The Hall–Kier alpha value is -0.707. The van der Waals surface area contributed by atoms with E-state index >= 15 is 0 Å². The maximum atomic E-state index is 4.57. The summed E-state index contributed by atoms with van der Waals surface area (Å²) in [6.45, 7) is 10.6. The first-order valence-corrected chi connectivity index (χ1v) is 13.0. The van der Waals surface area contributed by atoms with E-state index in [9.17, 15) is 0 Å². The van der Waals surface area contributed by atoms with E-state index in [1.807, 2.05) is 17.3 Å². The van der Waals surface area contributed by atoms with Gasteiger partial charge in [-0.25, -0.2) is 0 Å². The summed E-state index contributed by atoms with van der Waals surface area (Å²) in [4.78, 5) is 0. The van der Waals surface area contributed by atoms with Crippen LogP contribution < -0.4 is 23.0 Å². The molecule has 0 spiro atoms. The molecule has 0 N–H and O–H groups in total. The second kappa shape index (κ2) is 18.1. The topological polar surface area (TPSA) is 0 Å². The molecule has 0 saturated carbocycles. The summed E-state index contributed by atoms with van der Waals surface area (Å²) in [6.07, 6.45) is 0.999. The predicted octanol–water partition coefficient (Wildman–Crippen LogP) is 3.95. The van der Waals surface area contributed by atoms with Crippen LogP contribution in [0.15, 0.2) is 84.9 Å². The van der Waals surface area contributed by atoms with Gasteiger partial charge in [0.15, 0.2) is 0 Å². The molecule has 0 aliphatic heterocycles. The van der Waals surface area contributed by atoms with E-state index in [0.29, 0.717) is 5.92 Å². The van der Waals surface area contributed by atoms with E-state index in [2.05, 4.69) is 122 Å². The van der Waals surface area contributed by atoms with Crippen LogP contribution in [0.1, 0.15) is 30.9 Å². The van der Waals surface area contributed by atoms with E-state index in [1.165, 1.54) is 21.7 Å². The number of halogens is 2. The Morgan fingerprint density at radius 2 is 1.17 bits per heavy atom. The molecule has 0 aromatic heterocycles. The normalized spacial score (nSPS) is 9.21. The van der Waals surface area contributed by atoms with Crippen molar-refractivity contribution in [3.63, 3.8) is 0 Å². The van der Waals surface area contributed by atoms with Gasteiger partial charge < -0.3 is 26.8 Å². The van der Waals surface area contributed by atoms with Crippen LogP contribution >= 0.6 is 17.6 Å². The van der Waals surface area contributed by atoms with Crippen LogP contribution in [0.2, 0.25) is 0 Å². The van der Waals surface area contributed by atoms with Crippen molar-refractivity contribution < 1.29 is 29.7 Å². The Kier molecular flexibility index (Phi) is 19.0. The second-order valence-electron chi connectivity index (χ2n) is 6.53. The van der Waals surface area contributed by atoms with Crippen LogP contribution in [0.3, 0.4) is 0 Å². The summed E-state index contributed by atoms with van der Waals surface area (Å²) >= 11 is 1.82. The van der Waals surface area contributed by atoms with Gasteiger partial charge in [-0.15, -0.1) is 0 Å². The predicted molar refractivity (Wildman–Crippen MR) is 128 cm³/mol. The molecule has 3 aromatic carbocycles. The average Bonchev–Trinajstić information content (AvgIpc) is 2.72. The van der Waals surface area contributed by atoms with Gasteiger partial charge in [-0.3, -0.25) is 0 Å². The fraction of sp³-hybridized carbons (Fsp3) is 0.200. The van der Waals surface area contributed by atoms with Gasteiger partial charge in [-0.05, 0) is 42.7 Å². The summed E-state index contributed by atoms with van der Waals surface area (Å²) in [6, 6.07) is 30.1. The standard InChI is InChI=1S/C14H14P.C10H14.CH3.2ClH.Ru/c1-2-15(13-9-5-3-6-10-13)14-11-7-4-8-12-14;1-8(2)10-6-4-9(3)5-7-10;;;;/h3-12H,1-2H2;4-8H,1-3H3;1H3;2*1H;/q-1;;-1;;;+3/p-1. The zero-order chi connectivity index (χ0) is 20.1. The van der Waals surface area contributed by atoms with Crippen LogP contribution in [0.5, 0.6) is 0 Å². The molecule has 0 heterocycles. The summed E-state index contributed by atoms with van der Waals surface area (Å²) < 4.78 is 0. The molecule has 3 aromatic rings. The van der Waals surface area contributed by atoms with E-state index < -0.39 is 7.92 Å². The molecule has 0 aliphatic carbocycles. The Labute approximate surface area is 200 Å². The van der Waals surface area contributed by atoms with Crippen molar-refractivity contribution in [1.82, 2.24) is 0 Å². The third-order valence-corrected chi connectivity index (χ3v) is 6.80. The molecule has 0 aliphatic rings. The summed E-state index contributed by atoms with van der Waals surface area (Å²) in [5.41, 5.74) is 2.76. The summed E-state index contributed by atoms with van der Waals surface area (Å²) in [7, 11) is 3.92. The van der Waals surface area contributed by atoms with Gasteiger partial charge in [-0.1, -0.05) is 86.2 Å². The van der Waals surface area contributed by atoms with Crippen molar-refractivity contribution >= 4 is 28.2 Å². The van der Waals surface area contributed by atoms with Crippen LogP contribution in [0, 0.1) is 21.3 Å². The maximum absolute atomic E-state index is 4.57. The SMILES string of the molecule is Cc1ccc(C(C)C)cc1.[CH2-]C[PH+](c1ccccc1)c1ccccc1.[CH3-].[Cl-].[Cl][Ru+2]. The van der Waals surface area contributed by atoms with E-state index in [-0.39, 0.29) is 19.8 Å². The van der Waals surface area contributed by atoms with Crippen LogP contribution in [-0.2, 0) is 17.3 Å². The Balaban J connectivity index is 0. The van der Waals surface area contributed by atoms with Crippen LogP contribution in [0.4, 0.5) is 0 Å². The number of hydrogen-bond donors (Lipinski definition) is 0. The molecule has 4 heteroatoms. The zero-order valence-electron chi connectivity index (χ0n) is 17.7. The Morgan fingerprint density at radius 1 is 0.793 bits per heavy atom. The van der Waals surface area contributed by atoms with Crippen LogP contribution in [-0.4, -0.2) is 6.16 Å². The molecule has 0 radical (unpaired) electrons. The molecule has 0 bridgehead atoms. The molecule has 0 saturated heterocycles. The first-order valence-electron chi connectivity index (χ1n) is 9.07. The fourth-order valence-corrected chi connectivity index (χ4v) is 4.79. The molecule has 3 rings (SSSR count). The molecule has 0 atom stereocenters. The van der Waals surface area contributed by atoms with Gasteiger partial charge in [0.05, 0.1) is 10.6 Å². The van der Waals surface area contributed by atoms with E-state index in [4.69, 9.17) is 0 Å². The van der Waals surface area contributed by atoms with E-state index in [0.717, 1.165) is 6.16 Å². The number of hydrogen-bond acceptors (Lipinski definition) is 0. The number of aryl methyl sites for hydroxylation is 1. The first kappa shape index (κ1) is 30.5. The minimum absolute atomic E-state index is 0. The van der Waals surface area contributed by atoms with Crippen molar-refractivity contribution in [1.29, 1.82) is 0 Å². The summed E-state index contributed by atoms with van der Waals surface area (Å²) in [5.74, 6) is 0.653. The zero-order valence-corrected chi connectivity index (χ0v) is 21.9. The molecule has 0 unspecified atom stereocenters. The van der Waals surface area contributed by atoms with Gasteiger partial charge in [0.25, 0.3) is 0 Å². The van der Waals surface area contributed by atoms with Gasteiger partial charge in [0.2, 0.25) is 0 Å². The van der Waals surface area contributed by atoms with Gasteiger partial charge in [0.1, 0.15) is 0 Å². The molecule has 0 amide bonds. The quantitative estimate of drug-likeness (QED) is 0.270. The first-order chi connectivity index (χ1) is 13.1. The minimum atomic E-state index is -0.650. The number of benzene rings is 3. The molecule has 0 fully saturated rings. The van der Waals surface area contributed by atoms with Gasteiger partial charge >= 0.3 is 27.0 Å². The molecular weight excluding hydrogens is 503 g/mol. The Morgan fingerprint density at radius 3 is 1.48 bits per heavy atom. The van der Waals surface area contributed by atoms with Crippen molar-refractivity contribution in [2.24, 2.45) is 0 Å². The number of rotatable bonds is 4. The summed E-state index contributed by atoms with van der Waals surface area (Å²) in [5, 5.41) is 2.90. The van der Waals surface area contributed by atoms with Gasteiger partial charge in [-0.2, -0.15) is 0 Å². The fourth-order valence-electron chi connectivity index (χ4n) is 2.69. The van der Waals surface area contributed by atoms with Crippen molar-refractivity contribution in [3.05, 3.63) is 110 Å². The van der Waals surface area contributed by atoms with Gasteiger partial charge in [0, 0.05) is 7.92 Å². The third kappa shape index (κ3) is 11.3. The third-order valence-electron chi connectivity index (χ3n) is 4.24. The van der Waals surface area contributed by atoms with Crippen LogP contribution in [0.25, 0.3) is 0 Å². The molecule has 29 heavy (non-hydrogen) atoms. The average molecular weight is 535 g/mol. The van der Waals surface area contributed by atoms with Crippen molar-refractivity contribution in [2.45, 2.75) is 26.7 Å². The van der Waals surface area contributed by atoms with E-state index in [1.54, 1.807) is 0 Å². The molecule has 159 valence electrons. The molecular formula is C25H32Cl2PRu. The monoisotopic (exact) mass is 535 g/mol.